The molecule has 0 radical (unpaired) electrons. The molecule has 0 aliphatic carbocycles. The van der Waals surface area contributed by atoms with Crippen molar-refractivity contribution in [1.82, 2.24) is 0 Å². The molecule has 0 fully saturated rings. The summed E-state index contributed by atoms with van der Waals surface area (Å²) in [6, 6.07) is 13.1. The second-order valence-corrected chi connectivity index (χ2v) is 5.13. The fourth-order valence-electron chi connectivity index (χ4n) is 1.68. The highest BCUT2D eigenvalue weighted by Crippen LogP contribution is 2.19. The monoisotopic (exact) mass is 347 g/mol. The lowest BCUT2D eigenvalue weighted by molar-refractivity contribution is -0.114. The lowest BCUT2D eigenvalue weighted by Crippen LogP contribution is -2.22. The minimum atomic E-state index is -0.441. The number of nitrogens with one attached hydrogen (secondary N) is 2. The molecule has 0 unspecified atom stereocenters. The van der Waals surface area contributed by atoms with Crippen molar-refractivity contribution in [3.05, 3.63) is 58.3 Å². The van der Waals surface area contributed by atoms with Gasteiger partial charge in [0.05, 0.1) is 23.9 Å². The molecule has 21 heavy (non-hydrogen) atoms. The van der Waals surface area contributed by atoms with E-state index in [0.29, 0.717) is 15.7 Å². The Morgan fingerprint density at radius 2 is 2.10 bits per heavy atom. The van der Waals surface area contributed by atoms with Crippen LogP contribution in [0.1, 0.15) is 5.56 Å². The summed E-state index contributed by atoms with van der Waals surface area (Å²) in [6.45, 7) is -0.0741. The molecule has 0 saturated heterocycles. The van der Waals surface area contributed by atoms with Crippen molar-refractivity contribution in [2.75, 3.05) is 17.2 Å². The number of nitrogens with zero attached hydrogens (tertiary/aromatic N) is 1. The Morgan fingerprint density at radius 3 is 2.81 bits per heavy atom. The molecule has 0 saturated carbocycles. The summed E-state index contributed by atoms with van der Waals surface area (Å²) >= 11 is 3.16. The van der Waals surface area contributed by atoms with Gasteiger partial charge in [0.1, 0.15) is 5.82 Å². The SMILES string of the molecule is N#Cc1cccc(NC(=O)CNc2ccc(Br)cc2F)c1. The Morgan fingerprint density at radius 1 is 1.29 bits per heavy atom. The Balaban J connectivity index is 1.94. The lowest BCUT2D eigenvalue weighted by Gasteiger charge is -2.09. The average Bonchev–Trinajstić information content (AvgIpc) is 2.46. The molecule has 1 amide bonds. The van der Waals surface area contributed by atoms with Crippen LogP contribution in [0.15, 0.2) is 46.9 Å². The molecule has 0 aliphatic rings. The quantitative estimate of drug-likeness (QED) is 0.889. The van der Waals surface area contributed by atoms with Gasteiger partial charge in [0.15, 0.2) is 0 Å². The third kappa shape index (κ3) is 4.29. The number of rotatable bonds is 4. The van der Waals surface area contributed by atoms with Crippen LogP contribution >= 0.6 is 15.9 Å². The molecule has 2 aromatic carbocycles. The zero-order chi connectivity index (χ0) is 15.2. The maximum Gasteiger partial charge on any atom is 0.243 e. The van der Waals surface area contributed by atoms with Gasteiger partial charge in [-0.3, -0.25) is 4.79 Å². The van der Waals surface area contributed by atoms with E-state index in [9.17, 15) is 9.18 Å². The first-order valence-electron chi connectivity index (χ1n) is 6.07. The average molecular weight is 348 g/mol. The first kappa shape index (κ1) is 15.0. The summed E-state index contributed by atoms with van der Waals surface area (Å²) in [7, 11) is 0. The summed E-state index contributed by atoms with van der Waals surface area (Å²) in [4.78, 5) is 11.8. The standard InChI is InChI=1S/C15H11BrFN3O/c16-11-4-5-14(13(17)7-11)19-9-15(21)20-12-3-1-2-10(6-12)8-18/h1-7,19H,9H2,(H,20,21). The fourth-order valence-corrected chi connectivity index (χ4v) is 2.01. The number of carbonyl (C=O) groups excluding carboxylic acids is 1. The first-order valence-corrected chi connectivity index (χ1v) is 6.87. The third-order valence-electron chi connectivity index (χ3n) is 2.65. The van der Waals surface area contributed by atoms with Crippen molar-refractivity contribution < 1.29 is 9.18 Å². The highest BCUT2D eigenvalue weighted by Gasteiger charge is 2.06. The molecule has 4 nitrogen and oxygen atoms in total. The van der Waals surface area contributed by atoms with E-state index in [1.165, 1.54) is 6.07 Å². The highest BCUT2D eigenvalue weighted by atomic mass is 79.9. The molecule has 0 aliphatic heterocycles. The van der Waals surface area contributed by atoms with Crippen molar-refractivity contribution in [1.29, 1.82) is 5.26 Å². The van der Waals surface area contributed by atoms with Gasteiger partial charge < -0.3 is 10.6 Å². The lowest BCUT2D eigenvalue weighted by atomic mass is 10.2. The molecule has 0 atom stereocenters. The van der Waals surface area contributed by atoms with Crippen molar-refractivity contribution in [3.63, 3.8) is 0 Å². The third-order valence-corrected chi connectivity index (χ3v) is 3.14. The van der Waals surface area contributed by atoms with E-state index in [1.54, 1.807) is 36.4 Å². The summed E-state index contributed by atoms with van der Waals surface area (Å²) in [5.74, 6) is -0.768. The topological polar surface area (TPSA) is 64.9 Å². The van der Waals surface area contributed by atoms with Crippen LogP contribution in [0.2, 0.25) is 0 Å². The van der Waals surface area contributed by atoms with Crippen molar-refractivity contribution in [2.45, 2.75) is 0 Å². The molecule has 6 heteroatoms. The summed E-state index contributed by atoms with van der Waals surface area (Å²) < 4.78 is 14.2. The van der Waals surface area contributed by atoms with Gasteiger partial charge in [0.2, 0.25) is 5.91 Å². The molecule has 0 heterocycles. The van der Waals surface area contributed by atoms with Crippen LogP contribution in [0.5, 0.6) is 0 Å². The fraction of sp³-hybridized carbons (Fsp3) is 0.0667. The van der Waals surface area contributed by atoms with Crippen LogP contribution in [0, 0.1) is 17.1 Å². The van der Waals surface area contributed by atoms with Crippen LogP contribution < -0.4 is 10.6 Å². The second-order valence-electron chi connectivity index (χ2n) is 4.22. The van der Waals surface area contributed by atoms with Gasteiger partial charge in [-0.2, -0.15) is 5.26 Å². The number of carbonyl (C=O) groups is 1. The van der Waals surface area contributed by atoms with Crippen LogP contribution in [0.3, 0.4) is 0 Å². The zero-order valence-electron chi connectivity index (χ0n) is 10.9. The number of hydrogen-bond acceptors (Lipinski definition) is 3. The van der Waals surface area contributed by atoms with E-state index in [0.717, 1.165) is 0 Å². The van der Waals surface area contributed by atoms with E-state index in [-0.39, 0.29) is 18.1 Å². The molecule has 0 aromatic heterocycles. The Labute approximate surface area is 129 Å². The molecular weight excluding hydrogens is 337 g/mol. The number of halogens is 2. The highest BCUT2D eigenvalue weighted by molar-refractivity contribution is 9.10. The zero-order valence-corrected chi connectivity index (χ0v) is 12.4. The Kier molecular flexibility index (Phi) is 4.90. The normalized spacial score (nSPS) is 9.76. The maximum absolute atomic E-state index is 13.6. The van der Waals surface area contributed by atoms with Gasteiger partial charge >= 0.3 is 0 Å². The van der Waals surface area contributed by atoms with E-state index < -0.39 is 5.82 Å². The van der Waals surface area contributed by atoms with Crippen molar-refractivity contribution in [3.8, 4) is 6.07 Å². The number of amides is 1. The molecule has 2 aromatic rings. The van der Waals surface area contributed by atoms with E-state index in [1.807, 2.05) is 6.07 Å². The van der Waals surface area contributed by atoms with Gasteiger partial charge in [-0.15, -0.1) is 0 Å². The molecule has 0 bridgehead atoms. The number of anilines is 2. The van der Waals surface area contributed by atoms with E-state index in [4.69, 9.17) is 5.26 Å². The minimum Gasteiger partial charge on any atom is -0.374 e. The first-order chi connectivity index (χ1) is 10.1. The predicted molar refractivity (Wildman–Crippen MR) is 82.4 cm³/mol. The van der Waals surface area contributed by atoms with Crippen LogP contribution in [-0.4, -0.2) is 12.5 Å². The van der Waals surface area contributed by atoms with Crippen LogP contribution in [0.4, 0.5) is 15.8 Å². The van der Waals surface area contributed by atoms with E-state index in [2.05, 4.69) is 26.6 Å². The number of nitriles is 1. The Bertz CT molecular complexity index is 712. The second kappa shape index (κ2) is 6.86. The molecular formula is C15H11BrFN3O. The molecule has 2 N–H and O–H groups in total. The van der Waals surface area contributed by atoms with Crippen molar-refractivity contribution >= 4 is 33.2 Å². The molecule has 2 rings (SSSR count). The minimum absolute atomic E-state index is 0.0741. The summed E-state index contributed by atoms with van der Waals surface area (Å²) in [5.41, 5.74) is 1.23. The van der Waals surface area contributed by atoms with Gasteiger partial charge in [0, 0.05) is 10.2 Å². The van der Waals surface area contributed by atoms with Crippen LogP contribution in [-0.2, 0) is 4.79 Å². The molecule has 106 valence electrons. The van der Waals surface area contributed by atoms with Crippen molar-refractivity contribution in [2.24, 2.45) is 0 Å². The largest absolute Gasteiger partial charge is 0.374 e. The van der Waals surface area contributed by atoms with Crippen LogP contribution in [0.25, 0.3) is 0 Å². The van der Waals surface area contributed by atoms with Gasteiger partial charge in [0.25, 0.3) is 0 Å². The maximum atomic E-state index is 13.6. The van der Waals surface area contributed by atoms with E-state index >= 15 is 0 Å². The number of benzene rings is 2. The summed E-state index contributed by atoms with van der Waals surface area (Å²) in [5, 5.41) is 14.1. The molecule has 0 spiro atoms. The van der Waals surface area contributed by atoms with Gasteiger partial charge in [-0.05, 0) is 36.4 Å². The smallest absolute Gasteiger partial charge is 0.243 e. The predicted octanol–water partition coefficient (Wildman–Crippen LogP) is 3.51. The number of hydrogen-bond donors (Lipinski definition) is 2. The van der Waals surface area contributed by atoms with Gasteiger partial charge in [-0.1, -0.05) is 22.0 Å². The van der Waals surface area contributed by atoms with Gasteiger partial charge in [-0.25, -0.2) is 4.39 Å². The Hall–Kier alpha value is -2.39. The summed E-state index contributed by atoms with van der Waals surface area (Å²) in [6.07, 6.45) is 0.